The van der Waals surface area contributed by atoms with Crippen LogP contribution < -0.4 is 11.2 Å². The summed E-state index contributed by atoms with van der Waals surface area (Å²) in [6.07, 6.45) is 0. The Morgan fingerprint density at radius 3 is 2.14 bits per heavy atom. The molecular weight excluding hydrogens is 529 g/mol. The van der Waals surface area contributed by atoms with Crippen molar-refractivity contribution in [3.63, 3.8) is 0 Å². The first-order valence-electron chi connectivity index (χ1n) is 7.15. The van der Waals surface area contributed by atoms with Crippen molar-refractivity contribution < 1.29 is 46.4 Å². The SMILES string of the molecule is Cn1c(Br)nc2c1c(=O)n(CCOP(=O)(O)OP(=O)(O)OP(=O)(O)O)c(=O)n2C. The Labute approximate surface area is 168 Å². The Kier molecular flexibility index (Phi) is 6.95. The van der Waals surface area contributed by atoms with Gasteiger partial charge in [0.2, 0.25) is 0 Å². The molecule has 2 aromatic rings. The zero-order valence-corrected chi connectivity index (χ0v) is 18.7. The summed E-state index contributed by atoms with van der Waals surface area (Å²) in [5.74, 6) is 0. The molecule has 0 spiro atoms. The number of hydrogen-bond donors (Lipinski definition) is 4. The molecule has 16 nitrogen and oxygen atoms in total. The molecule has 0 fully saturated rings. The lowest BCUT2D eigenvalue weighted by atomic mass is 10.5. The van der Waals surface area contributed by atoms with Crippen molar-refractivity contribution in [3.05, 3.63) is 25.6 Å². The molecule has 0 radical (unpaired) electrons. The standard InChI is InChI=1S/C9H14BrN4O12P3/c1-12-5-6(11-8(12)10)13(2)9(16)14(7(5)15)3-4-24-28(20,21)26-29(22,23)25-27(17,18)19/h3-4H2,1-2H3,(H,20,21)(H,22,23)(H2,17,18,19). The first-order chi connectivity index (χ1) is 13.0. The van der Waals surface area contributed by atoms with Crippen LogP contribution in [0.25, 0.3) is 11.2 Å². The molecule has 2 atom stereocenters. The molecule has 2 rings (SSSR count). The van der Waals surface area contributed by atoms with Gasteiger partial charge in [-0.05, 0) is 15.9 Å². The number of phosphoric acid groups is 3. The second-order valence-corrected chi connectivity index (χ2v) is 10.5. The molecule has 0 saturated carbocycles. The van der Waals surface area contributed by atoms with Gasteiger partial charge in [0.15, 0.2) is 15.9 Å². The van der Waals surface area contributed by atoms with Crippen LogP contribution in [0.4, 0.5) is 0 Å². The minimum atomic E-state index is -5.66. The zero-order valence-electron chi connectivity index (χ0n) is 14.5. The number of phosphoric ester groups is 1. The summed E-state index contributed by atoms with van der Waals surface area (Å²) in [5.41, 5.74) is -1.50. The van der Waals surface area contributed by atoms with Crippen LogP contribution in [0.3, 0.4) is 0 Å². The van der Waals surface area contributed by atoms with Crippen LogP contribution in [-0.4, -0.2) is 44.9 Å². The van der Waals surface area contributed by atoms with Crippen LogP contribution in [0.5, 0.6) is 0 Å². The van der Waals surface area contributed by atoms with Crippen LogP contribution in [0.1, 0.15) is 0 Å². The third-order valence-electron chi connectivity index (χ3n) is 3.29. The third-order valence-corrected chi connectivity index (χ3v) is 7.84. The maximum absolute atomic E-state index is 12.5. The number of hydrogen-bond acceptors (Lipinski definition) is 9. The average molecular weight is 543 g/mol. The molecule has 2 heterocycles. The minimum absolute atomic E-state index is 0.0392. The maximum atomic E-state index is 12.5. The first-order valence-corrected chi connectivity index (χ1v) is 12.5. The van der Waals surface area contributed by atoms with Crippen LogP contribution in [0.2, 0.25) is 0 Å². The van der Waals surface area contributed by atoms with E-state index in [0.29, 0.717) is 4.57 Å². The van der Waals surface area contributed by atoms with Gasteiger partial charge in [0, 0.05) is 14.1 Å². The van der Waals surface area contributed by atoms with Gasteiger partial charge in [-0.3, -0.25) is 18.5 Å². The Morgan fingerprint density at radius 2 is 1.59 bits per heavy atom. The molecule has 0 saturated heterocycles. The Morgan fingerprint density at radius 1 is 1.00 bits per heavy atom. The van der Waals surface area contributed by atoms with Crippen molar-refractivity contribution in [2.45, 2.75) is 6.54 Å². The van der Waals surface area contributed by atoms with E-state index in [2.05, 4.69) is 34.1 Å². The van der Waals surface area contributed by atoms with Crippen LogP contribution in [0.15, 0.2) is 14.3 Å². The molecule has 0 bridgehead atoms. The number of rotatable bonds is 8. The molecule has 29 heavy (non-hydrogen) atoms. The normalized spacial score (nSPS) is 16.7. The summed E-state index contributed by atoms with van der Waals surface area (Å²) in [4.78, 5) is 64.2. The van der Waals surface area contributed by atoms with Crippen molar-refractivity contribution in [2.24, 2.45) is 14.1 Å². The van der Waals surface area contributed by atoms with Crippen LogP contribution in [0, 0.1) is 0 Å². The van der Waals surface area contributed by atoms with E-state index in [0.717, 1.165) is 4.57 Å². The molecule has 4 N–H and O–H groups in total. The van der Waals surface area contributed by atoms with E-state index in [1.165, 1.54) is 18.7 Å². The van der Waals surface area contributed by atoms with Crippen molar-refractivity contribution in [3.8, 4) is 0 Å². The predicted molar refractivity (Wildman–Crippen MR) is 97.7 cm³/mol. The number of imidazole rings is 1. The lowest BCUT2D eigenvalue weighted by Crippen LogP contribution is -2.40. The molecule has 2 unspecified atom stereocenters. The van der Waals surface area contributed by atoms with E-state index in [4.69, 9.17) is 14.7 Å². The van der Waals surface area contributed by atoms with Gasteiger partial charge < -0.3 is 24.1 Å². The van der Waals surface area contributed by atoms with Gasteiger partial charge in [-0.25, -0.2) is 23.5 Å². The highest BCUT2D eigenvalue weighted by atomic mass is 79.9. The van der Waals surface area contributed by atoms with E-state index in [-0.39, 0.29) is 15.9 Å². The number of aromatic nitrogens is 4. The smallest absolute Gasteiger partial charge is 0.316 e. The molecule has 0 aliphatic heterocycles. The first kappa shape index (κ1) is 24.3. The summed E-state index contributed by atoms with van der Waals surface area (Å²) in [7, 11) is -13.7. The van der Waals surface area contributed by atoms with Crippen LogP contribution >= 0.6 is 39.4 Å². The quantitative estimate of drug-likeness (QED) is 0.245. The molecule has 2 aromatic heterocycles. The molecule has 164 valence electrons. The molecule has 0 aromatic carbocycles. The van der Waals surface area contributed by atoms with Gasteiger partial charge in [-0.2, -0.15) is 8.62 Å². The largest absolute Gasteiger partial charge is 0.490 e. The highest BCUT2D eigenvalue weighted by Gasteiger charge is 2.40. The highest BCUT2D eigenvalue weighted by molar-refractivity contribution is 9.10. The summed E-state index contributed by atoms with van der Waals surface area (Å²) in [6, 6.07) is 0. The Balaban J connectivity index is 2.21. The summed E-state index contributed by atoms with van der Waals surface area (Å²) in [6.45, 7) is -1.41. The number of fused-ring (bicyclic) bond motifs is 1. The van der Waals surface area contributed by atoms with E-state index in [9.17, 15) is 28.2 Å². The summed E-state index contributed by atoms with van der Waals surface area (Å²) in [5, 5.41) is 0. The minimum Gasteiger partial charge on any atom is -0.316 e. The predicted octanol–water partition coefficient (Wildman–Crippen LogP) is -0.461. The van der Waals surface area contributed by atoms with E-state index < -0.39 is 47.9 Å². The highest BCUT2D eigenvalue weighted by Crippen LogP contribution is 2.66. The third kappa shape index (κ3) is 5.81. The fraction of sp³-hybridized carbons (Fsp3) is 0.444. The lowest BCUT2D eigenvalue weighted by molar-refractivity contribution is 0.167. The monoisotopic (exact) mass is 542 g/mol. The molecule has 0 aliphatic rings. The number of halogens is 1. The molecular formula is C9H14BrN4O12P3. The van der Waals surface area contributed by atoms with E-state index in [1.807, 2.05) is 0 Å². The van der Waals surface area contributed by atoms with E-state index >= 15 is 0 Å². The fourth-order valence-corrected chi connectivity index (χ4v) is 5.52. The fourth-order valence-electron chi connectivity index (χ4n) is 2.16. The lowest BCUT2D eigenvalue weighted by Gasteiger charge is -2.16. The van der Waals surface area contributed by atoms with Gasteiger partial charge >= 0.3 is 29.2 Å². The van der Waals surface area contributed by atoms with E-state index in [1.54, 1.807) is 0 Å². The average Bonchev–Trinajstić information content (AvgIpc) is 2.80. The molecule has 0 aliphatic carbocycles. The summed E-state index contributed by atoms with van der Waals surface area (Å²) >= 11 is 3.11. The van der Waals surface area contributed by atoms with Crippen molar-refractivity contribution in [1.29, 1.82) is 0 Å². The van der Waals surface area contributed by atoms with Crippen molar-refractivity contribution >= 4 is 50.6 Å². The van der Waals surface area contributed by atoms with Crippen LogP contribution in [-0.2, 0) is 47.5 Å². The topological polar surface area (TPSA) is 222 Å². The van der Waals surface area contributed by atoms with Crippen molar-refractivity contribution in [1.82, 2.24) is 18.7 Å². The second kappa shape index (κ2) is 8.29. The molecule has 20 heteroatoms. The number of nitrogens with zero attached hydrogens (tertiary/aromatic N) is 4. The van der Waals surface area contributed by atoms with Gasteiger partial charge in [-0.1, -0.05) is 0 Å². The van der Waals surface area contributed by atoms with Crippen molar-refractivity contribution in [2.75, 3.05) is 6.61 Å². The Hall–Kier alpha value is -0.960. The second-order valence-electron chi connectivity index (χ2n) is 5.33. The van der Waals surface area contributed by atoms with Gasteiger partial charge in [0.05, 0.1) is 13.2 Å². The number of aryl methyl sites for hydroxylation is 2. The Bertz CT molecular complexity index is 1210. The molecule has 0 amide bonds. The zero-order chi connectivity index (χ0) is 22.4. The van der Waals surface area contributed by atoms with Gasteiger partial charge in [0.1, 0.15) is 0 Å². The van der Waals surface area contributed by atoms with Gasteiger partial charge in [-0.15, -0.1) is 0 Å². The van der Waals surface area contributed by atoms with Gasteiger partial charge in [0.25, 0.3) is 5.56 Å². The summed E-state index contributed by atoms with van der Waals surface area (Å²) < 4.78 is 48.3. The maximum Gasteiger partial charge on any atom is 0.490 e.